The molecule has 3 nitrogen and oxygen atoms in total. The molecule has 0 aliphatic heterocycles. The van der Waals surface area contributed by atoms with Crippen LogP contribution in [-0.4, -0.2) is 19.0 Å². The van der Waals surface area contributed by atoms with Gasteiger partial charge in [0.25, 0.3) is 0 Å². The highest BCUT2D eigenvalue weighted by molar-refractivity contribution is 5.95. The predicted molar refractivity (Wildman–Crippen MR) is 74.4 cm³/mol. The largest absolute Gasteiger partial charge is 0.327 e. The Morgan fingerprint density at radius 2 is 1.95 bits per heavy atom. The molecule has 1 fully saturated rings. The van der Waals surface area contributed by atoms with Gasteiger partial charge in [-0.05, 0) is 25.0 Å². The van der Waals surface area contributed by atoms with Gasteiger partial charge >= 0.3 is 0 Å². The van der Waals surface area contributed by atoms with Crippen LogP contribution in [0.4, 0.5) is 10.1 Å². The van der Waals surface area contributed by atoms with Crippen LogP contribution in [0.3, 0.4) is 0 Å². The molecular weight excluding hydrogens is 243 g/mol. The summed E-state index contributed by atoms with van der Waals surface area (Å²) in [6.07, 6.45) is 4.91. The molecule has 2 N–H and O–H groups in total. The van der Waals surface area contributed by atoms with E-state index in [1.54, 1.807) is 25.2 Å². The van der Waals surface area contributed by atoms with Gasteiger partial charge in [-0.1, -0.05) is 31.4 Å². The summed E-state index contributed by atoms with van der Waals surface area (Å²) in [4.78, 5) is 13.9. The summed E-state index contributed by atoms with van der Waals surface area (Å²) < 4.78 is 13.7. The average molecular weight is 264 g/mol. The Kier molecular flexibility index (Phi) is 4.53. The van der Waals surface area contributed by atoms with Gasteiger partial charge in [0.2, 0.25) is 5.91 Å². The molecule has 1 aromatic carbocycles. The molecule has 1 aliphatic rings. The van der Waals surface area contributed by atoms with Gasteiger partial charge in [-0.15, -0.1) is 0 Å². The van der Waals surface area contributed by atoms with Crippen LogP contribution in [0, 0.1) is 11.7 Å². The molecule has 1 saturated carbocycles. The van der Waals surface area contributed by atoms with Crippen molar-refractivity contribution in [1.29, 1.82) is 0 Å². The van der Waals surface area contributed by atoms with Crippen molar-refractivity contribution in [2.24, 2.45) is 11.7 Å². The summed E-state index contributed by atoms with van der Waals surface area (Å²) in [6.45, 7) is 0. The second-order valence-corrected chi connectivity index (χ2v) is 5.26. The monoisotopic (exact) mass is 264 g/mol. The van der Waals surface area contributed by atoms with Crippen molar-refractivity contribution in [2.45, 2.75) is 38.1 Å². The first-order chi connectivity index (χ1) is 9.11. The van der Waals surface area contributed by atoms with E-state index < -0.39 is 0 Å². The second kappa shape index (κ2) is 6.15. The molecule has 4 heteroatoms. The zero-order valence-electron chi connectivity index (χ0n) is 11.3. The fourth-order valence-electron chi connectivity index (χ4n) is 2.73. The lowest BCUT2D eigenvalue weighted by molar-refractivity contribution is -0.122. The minimum absolute atomic E-state index is 0.0699. The lowest BCUT2D eigenvalue weighted by Gasteiger charge is -2.26. The molecule has 1 aliphatic carbocycles. The third-order valence-corrected chi connectivity index (χ3v) is 3.93. The standard InChI is InChI=1S/C15H21FN2O/c1-18(14-10-6-5-8-12(14)16)15(19)11-7-3-2-4-9-13(11)17/h5-6,8,10-11,13H,2-4,7,9,17H2,1H3. The fraction of sp³-hybridized carbons (Fsp3) is 0.533. The van der Waals surface area contributed by atoms with E-state index in [1.807, 2.05) is 0 Å². The zero-order chi connectivity index (χ0) is 13.8. The molecule has 2 unspecified atom stereocenters. The number of carbonyl (C=O) groups is 1. The van der Waals surface area contributed by atoms with Gasteiger partial charge in [0, 0.05) is 13.1 Å². The number of amides is 1. The molecule has 0 spiro atoms. The minimum atomic E-state index is -0.374. The maximum absolute atomic E-state index is 13.7. The molecule has 0 heterocycles. The molecule has 0 bridgehead atoms. The van der Waals surface area contributed by atoms with Crippen LogP contribution in [-0.2, 0) is 4.79 Å². The molecule has 0 radical (unpaired) electrons. The lowest BCUT2D eigenvalue weighted by Crippen LogP contribution is -2.42. The van der Waals surface area contributed by atoms with Gasteiger partial charge in [0.1, 0.15) is 5.82 Å². The fourth-order valence-corrected chi connectivity index (χ4v) is 2.73. The minimum Gasteiger partial charge on any atom is -0.327 e. The van der Waals surface area contributed by atoms with E-state index in [0.717, 1.165) is 32.1 Å². The second-order valence-electron chi connectivity index (χ2n) is 5.26. The van der Waals surface area contributed by atoms with Gasteiger partial charge in [0.15, 0.2) is 0 Å². The van der Waals surface area contributed by atoms with E-state index in [0.29, 0.717) is 5.69 Å². The van der Waals surface area contributed by atoms with Crippen molar-refractivity contribution in [3.8, 4) is 0 Å². The first-order valence-electron chi connectivity index (χ1n) is 6.89. The van der Waals surface area contributed by atoms with Crippen LogP contribution in [0.5, 0.6) is 0 Å². The average Bonchev–Trinajstić information content (AvgIpc) is 2.62. The van der Waals surface area contributed by atoms with E-state index in [4.69, 9.17) is 5.73 Å². The normalized spacial score (nSPS) is 23.7. The van der Waals surface area contributed by atoms with Gasteiger partial charge in [-0.2, -0.15) is 0 Å². The van der Waals surface area contributed by atoms with Crippen LogP contribution in [0.2, 0.25) is 0 Å². The Balaban J connectivity index is 2.16. The maximum Gasteiger partial charge on any atom is 0.231 e. The van der Waals surface area contributed by atoms with E-state index in [2.05, 4.69) is 0 Å². The summed E-state index contributed by atoms with van der Waals surface area (Å²) in [5.74, 6) is -0.632. The number of hydrogen-bond acceptors (Lipinski definition) is 2. The molecule has 1 aromatic rings. The van der Waals surface area contributed by atoms with Crippen molar-refractivity contribution in [1.82, 2.24) is 0 Å². The highest BCUT2D eigenvalue weighted by Gasteiger charge is 2.30. The molecule has 2 atom stereocenters. The van der Waals surface area contributed by atoms with E-state index in [-0.39, 0.29) is 23.7 Å². The van der Waals surface area contributed by atoms with Gasteiger partial charge in [0.05, 0.1) is 11.6 Å². The van der Waals surface area contributed by atoms with Crippen LogP contribution >= 0.6 is 0 Å². The molecule has 0 aromatic heterocycles. The van der Waals surface area contributed by atoms with E-state index in [1.165, 1.54) is 11.0 Å². The number of halogens is 1. The number of hydrogen-bond donors (Lipinski definition) is 1. The number of nitrogens with zero attached hydrogens (tertiary/aromatic N) is 1. The van der Waals surface area contributed by atoms with Crippen molar-refractivity contribution >= 4 is 11.6 Å². The third kappa shape index (κ3) is 3.13. The molecule has 1 amide bonds. The van der Waals surface area contributed by atoms with Gasteiger partial charge in [-0.25, -0.2) is 4.39 Å². The van der Waals surface area contributed by atoms with Crippen molar-refractivity contribution in [3.05, 3.63) is 30.1 Å². The lowest BCUT2D eigenvalue weighted by atomic mass is 9.94. The van der Waals surface area contributed by atoms with Crippen molar-refractivity contribution < 1.29 is 9.18 Å². The van der Waals surface area contributed by atoms with Crippen molar-refractivity contribution in [2.75, 3.05) is 11.9 Å². The smallest absolute Gasteiger partial charge is 0.231 e. The third-order valence-electron chi connectivity index (χ3n) is 3.93. The van der Waals surface area contributed by atoms with Gasteiger partial charge < -0.3 is 10.6 Å². The zero-order valence-corrected chi connectivity index (χ0v) is 11.3. The molecule has 104 valence electrons. The van der Waals surface area contributed by atoms with Crippen LogP contribution in [0.25, 0.3) is 0 Å². The van der Waals surface area contributed by atoms with E-state index >= 15 is 0 Å². The Morgan fingerprint density at radius 1 is 1.26 bits per heavy atom. The SMILES string of the molecule is CN(C(=O)C1CCCCCC1N)c1ccccc1F. The number of para-hydroxylation sites is 1. The van der Waals surface area contributed by atoms with Crippen LogP contribution in [0.15, 0.2) is 24.3 Å². The Bertz CT molecular complexity index is 450. The topological polar surface area (TPSA) is 46.3 Å². The van der Waals surface area contributed by atoms with Crippen molar-refractivity contribution in [3.63, 3.8) is 0 Å². The Labute approximate surface area is 113 Å². The first-order valence-corrected chi connectivity index (χ1v) is 6.89. The summed E-state index contributed by atoms with van der Waals surface area (Å²) >= 11 is 0. The summed E-state index contributed by atoms with van der Waals surface area (Å²) in [5.41, 5.74) is 6.42. The molecular formula is C15H21FN2O. The van der Waals surface area contributed by atoms with Crippen LogP contribution < -0.4 is 10.6 Å². The molecule has 19 heavy (non-hydrogen) atoms. The summed E-state index contributed by atoms with van der Waals surface area (Å²) in [5, 5.41) is 0. The highest BCUT2D eigenvalue weighted by atomic mass is 19.1. The Morgan fingerprint density at radius 3 is 2.68 bits per heavy atom. The molecule has 0 saturated heterocycles. The van der Waals surface area contributed by atoms with Crippen LogP contribution in [0.1, 0.15) is 32.1 Å². The number of rotatable bonds is 2. The predicted octanol–water partition coefficient (Wildman–Crippen LogP) is 2.70. The van der Waals surface area contributed by atoms with Gasteiger partial charge in [-0.3, -0.25) is 4.79 Å². The first kappa shape index (κ1) is 14.0. The van der Waals surface area contributed by atoms with E-state index in [9.17, 15) is 9.18 Å². The highest BCUT2D eigenvalue weighted by Crippen LogP contribution is 2.26. The number of nitrogens with two attached hydrogens (primary N) is 1. The quantitative estimate of drug-likeness (QED) is 0.835. The maximum atomic E-state index is 13.7. The number of anilines is 1. The Hall–Kier alpha value is -1.42. The number of benzene rings is 1. The summed E-state index contributed by atoms with van der Waals surface area (Å²) in [7, 11) is 1.62. The number of carbonyl (C=O) groups excluding carboxylic acids is 1. The molecule has 2 rings (SSSR count). The summed E-state index contributed by atoms with van der Waals surface area (Å²) in [6, 6.07) is 6.23.